The normalized spacial score (nSPS) is 20.2. The Morgan fingerprint density at radius 3 is 2.60 bits per heavy atom. The number of aliphatic hydroxyl groups is 1. The topological polar surface area (TPSA) is 32.3 Å². The second-order valence-electron chi connectivity index (χ2n) is 5.06. The Morgan fingerprint density at radius 2 is 2.00 bits per heavy atom. The lowest BCUT2D eigenvalue weighted by Gasteiger charge is -2.16. The minimum absolute atomic E-state index is 0.0944. The van der Waals surface area contributed by atoms with E-state index in [1.807, 2.05) is 0 Å². The second kappa shape index (κ2) is 7.24. The SMILES string of the molecule is CCCCCCC(C)NCC(O)C1CC1. The van der Waals surface area contributed by atoms with Crippen molar-refractivity contribution in [1.82, 2.24) is 5.32 Å². The Labute approximate surface area is 94.5 Å². The number of hydrogen-bond acceptors (Lipinski definition) is 2. The Hall–Kier alpha value is -0.0800. The third kappa shape index (κ3) is 6.16. The molecular formula is C13H27NO. The summed E-state index contributed by atoms with van der Waals surface area (Å²) in [5, 5.41) is 13.1. The van der Waals surface area contributed by atoms with Crippen molar-refractivity contribution >= 4 is 0 Å². The highest BCUT2D eigenvalue weighted by molar-refractivity contribution is 4.82. The van der Waals surface area contributed by atoms with E-state index in [-0.39, 0.29) is 6.10 Å². The lowest BCUT2D eigenvalue weighted by molar-refractivity contribution is 0.144. The molecule has 1 rings (SSSR count). The summed E-state index contributed by atoms with van der Waals surface area (Å²) in [7, 11) is 0. The molecule has 0 aliphatic heterocycles. The predicted octanol–water partition coefficient (Wildman–Crippen LogP) is 2.71. The number of rotatable bonds is 9. The van der Waals surface area contributed by atoms with Gasteiger partial charge < -0.3 is 10.4 Å². The summed E-state index contributed by atoms with van der Waals surface area (Å²) < 4.78 is 0. The summed E-state index contributed by atoms with van der Waals surface area (Å²) in [6.07, 6.45) is 8.95. The molecule has 0 saturated heterocycles. The fourth-order valence-corrected chi connectivity index (χ4v) is 1.95. The Bertz CT molecular complexity index is 157. The fraction of sp³-hybridized carbons (Fsp3) is 1.00. The van der Waals surface area contributed by atoms with Crippen LogP contribution in [0.2, 0.25) is 0 Å². The van der Waals surface area contributed by atoms with E-state index in [1.54, 1.807) is 0 Å². The summed E-state index contributed by atoms with van der Waals surface area (Å²) in [5.41, 5.74) is 0. The van der Waals surface area contributed by atoms with Gasteiger partial charge in [-0.2, -0.15) is 0 Å². The highest BCUT2D eigenvalue weighted by Crippen LogP contribution is 2.32. The van der Waals surface area contributed by atoms with Crippen LogP contribution in [0.5, 0.6) is 0 Å². The van der Waals surface area contributed by atoms with Gasteiger partial charge in [-0.05, 0) is 32.1 Å². The smallest absolute Gasteiger partial charge is 0.0692 e. The maximum absolute atomic E-state index is 9.68. The molecule has 1 aliphatic rings. The summed E-state index contributed by atoms with van der Waals surface area (Å²) in [6.45, 7) is 5.26. The van der Waals surface area contributed by atoms with Gasteiger partial charge in [0.25, 0.3) is 0 Å². The molecule has 2 unspecified atom stereocenters. The van der Waals surface area contributed by atoms with Crippen molar-refractivity contribution in [2.75, 3.05) is 6.54 Å². The van der Waals surface area contributed by atoms with Gasteiger partial charge in [0, 0.05) is 12.6 Å². The van der Waals surface area contributed by atoms with Gasteiger partial charge in [0.15, 0.2) is 0 Å². The van der Waals surface area contributed by atoms with E-state index in [0.717, 1.165) is 6.54 Å². The highest BCUT2D eigenvalue weighted by Gasteiger charge is 2.29. The minimum atomic E-state index is -0.0944. The lowest BCUT2D eigenvalue weighted by atomic mass is 10.1. The van der Waals surface area contributed by atoms with Crippen LogP contribution in [0.3, 0.4) is 0 Å². The zero-order valence-corrected chi connectivity index (χ0v) is 10.3. The molecule has 2 heteroatoms. The zero-order valence-electron chi connectivity index (χ0n) is 10.3. The third-order valence-corrected chi connectivity index (χ3v) is 3.33. The molecule has 0 amide bonds. The first-order valence-electron chi connectivity index (χ1n) is 6.65. The van der Waals surface area contributed by atoms with Crippen molar-refractivity contribution in [3.05, 3.63) is 0 Å². The predicted molar refractivity (Wildman–Crippen MR) is 65.0 cm³/mol. The summed E-state index contributed by atoms with van der Waals surface area (Å²) in [4.78, 5) is 0. The second-order valence-corrected chi connectivity index (χ2v) is 5.06. The highest BCUT2D eigenvalue weighted by atomic mass is 16.3. The molecule has 2 N–H and O–H groups in total. The molecule has 2 nitrogen and oxygen atoms in total. The van der Waals surface area contributed by atoms with Crippen LogP contribution in [0.4, 0.5) is 0 Å². The third-order valence-electron chi connectivity index (χ3n) is 3.33. The molecule has 0 aromatic rings. The summed E-state index contributed by atoms with van der Waals surface area (Å²) in [6, 6.07) is 0.565. The van der Waals surface area contributed by atoms with E-state index < -0.39 is 0 Å². The van der Waals surface area contributed by atoms with Gasteiger partial charge in [-0.1, -0.05) is 32.6 Å². The number of hydrogen-bond donors (Lipinski definition) is 2. The monoisotopic (exact) mass is 213 g/mol. The van der Waals surface area contributed by atoms with Crippen molar-refractivity contribution in [2.24, 2.45) is 5.92 Å². The number of unbranched alkanes of at least 4 members (excludes halogenated alkanes) is 3. The van der Waals surface area contributed by atoms with E-state index in [2.05, 4.69) is 19.2 Å². The van der Waals surface area contributed by atoms with E-state index in [4.69, 9.17) is 0 Å². The zero-order chi connectivity index (χ0) is 11.1. The molecular weight excluding hydrogens is 186 g/mol. The average Bonchev–Trinajstić information content (AvgIpc) is 3.04. The van der Waals surface area contributed by atoms with E-state index in [0.29, 0.717) is 12.0 Å². The maximum atomic E-state index is 9.68. The minimum Gasteiger partial charge on any atom is -0.392 e. The van der Waals surface area contributed by atoms with Crippen LogP contribution in [-0.4, -0.2) is 23.8 Å². The summed E-state index contributed by atoms with van der Waals surface area (Å²) >= 11 is 0. The van der Waals surface area contributed by atoms with Gasteiger partial charge in [0.2, 0.25) is 0 Å². The molecule has 0 heterocycles. The standard InChI is InChI=1S/C13H27NO/c1-3-4-5-6-7-11(2)14-10-13(15)12-8-9-12/h11-15H,3-10H2,1-2H3. The lowest BCUT2D eigenvalue weighted by Crippen LogP contribution is -2.34. The van der Waals surface area contributed by atoms with Crippen molar-refractivity contribution in [3.63, 3.8) is 0 Å². The van der Waals surface area contributed by atoms with Crippen molar-refractivity contribution in [3.8, 4) is 0 Å². The van der Waals surface area contributed by atoms with Crippen molar-refractivity contribution in [1.29, 1.82) is 0 Å². The Balaban J connectivity index is 1.90. The Kier molecular flexibility index (Phi) is 6.26. The molecule has 0 aromatic heterocycles. The first-order chi connectivity index (χ1) is 7.24. The fourth-order valence-electron chi connectivity index (χ4n) is 1.95. The molecule has 1 aliphatic carbocycles. The molecule has 90 valence electrons. The molecule has 1 saturated carbocycles. The molecule has 0 radical (unpaired) electrons. The molecule has 0 bridgehead atoms. The first kappa shape index (κ1) is 13.0. The quantitative estimate of drug-likeness (QED) is 0.577. The van der Waals surface area contributed by atoms with Crippen LogP contribution < -0.4 is 5.32 Å². The van der Waals surface area contributed by atoms with Crippen LogP contribution in [0.25, 0.3) is 0 Å². The Morgan fingerprint density at radius 1 is 1.27 bits per heavy atom. The largest absolute Gasteiger partial charge is 0.392 e. The van der Waals surface area contributed by atoms with Crippen LogP contribution >= 0.6 is 0 Å². The molecule has 1 fully saturated rings. The van der Waals surface area contributed by atoms with Gasteiger partial charge in [-0.25, -0.2) is 0 Å². The van der Waals surface area contributed by atoms with Gasteiger partial charge in [-0.15, -0.1) is 0 Å². The van der Waals surface area contributed by atoms with Crippen molar-refractivity contribution in [2.45, 2.75) is 70.9 Å². The van der Waals surface area contributed by atoms with Crippen molar-refractivity contribution < 1.29 is 5.11 Å². The molecule has 0 aromatic carbocycles. The van der Waals surface area contributed by atoms with E-state index in [9.17, 15) is 5.11 Å². The van der Waals surface area contributed by atoms with Gasteiger partial charge >= 0.3 is 0 Å². The van der Waals surface area contributed by atoms with Gasteiger partial charge in [0.1, 0.15) is 0 Å². The molecule has 2 atom stereocenters. The summed E-state index contributed by atoms with van der Waals surface area (Å²) in [5.74, 6) is 0.602. The first-order valence-corrected chi connectivity index (χ1v) is 6.65. The van der Waals surface area contributed by atoms with Crippen LogP contribution in [0, 0.1) is 5.92 Å². The van der Waals surface area contributed by atoms with E-state index in [1.165, 1.54) is 44.9 Å². The molecule has 15 heavy (non-hydrogen) atoms. The molecule has 0 spiro atoms. The van der Waals surface area contributed by atoms with Gasteiger partial charge in [0.05, 0.1) is 6.10 Å². The van der Waals surface area contributed by atoms with Crippen LogP contribution in [0.15, 0.2) is 0 Å². The number of aliphatic hydroxyl groups excluding tert-OH is 1. The average molecular weight is 213 g/mol. The number of nitrogens with one attached hydrogen (secondary N) is 1. The van der Waals surface area contributed by atoms with Gasteiger partial charge in [-0.3, -0.25) is 0 Å². The van der Waals surface area contributed by atoms with E-state index >= 15 is 0 Å². The van der Waals surface area contributed by atoms with Crippen LogP contribution in [-0.2, 0) is 0 Å². The van der Waals surface area contributed by atoms with Crippen LogP contribution in [0.1, 0.15) is 58.8 Å². The maximum Gasteiger partial charge on any atom is 0.0692 e.